The first-order valence-corrected chi connectivity index (χ1v) is 11.4. The number of morpholine rings is 1. The average molecular weight is 423 g/mol. The van der Waals surface area contributed by atoms with Gasteiger partial charge in [-0.3, -0.25) is 4.79 Å². The molecule has 29 heavy (non-hydrogen) atoms. The van der Waals surface area contributed by atoms with Crippen LogP contribution in [0.2, 0.25) is 0 Å². The van der Waals surface area contributed by atoms with Crippen LogP contribution in [0.1, 0.15) is 12.8 Å². The van der Waals surface area contributed by atoms with Crippen molar-refractivity contribution in [3.05, 3.63) is 24.3 Å². The van der Waals surface area contributed by atoms with E-state index in [1.165, 1.54) is 4.31 Å². The number of carbonyl (C=O) groups excluding carboxylic acids is 2. The molecule has 0 aromatic heterocycles. The zero-order chi connectivity index (χ0) is 20.4. The van der Waals surface area contributed by atoms with Gasteiger partial charge >= 0.3 is 6.03 Å². The zero-order valence-electron chi connectivity index (χ0n) is 16.3. The number of sulfonamides is 1. The first-order valence-electron chi connectivity index (χ1n) is 9.99. The molecule has 3 fully saturated rings. The Labute approximate surface area is 170 Å². The molecular formula is C19H26N4O5S. The Bertz CT molecular complexity index is 859. The van der Waals surface area contributed by atoms with Crippen molar-refractivity contribution < 1.29 is 22.7 Å². The average Bonchev–Trinajstić information content (AvgIpc) is 3.20. The smallest absolute Gasteiger partial charge is 0.320 e. The third kappa shape index (κ3) is 4.10. The van der Waals surface area contributed by atoms with Gasteiger partial charge in [0.1, 0.15) is 0 Å². The molecule has 0 bridgehead atoms. The monoisotopic (exact) mass is 422 g/mol. The highest BCUT2D eigenvalue weighted by Crippen LogP contribution is 2.25. The van der Waals surface area contributed by atoms with E-state index in [1.807, 2.05) is 0 Å². The largest absolute Gasteiger partial charge is 0.378 e. The Morgan fingerprint density at radius 2 is 1.48 bits per heavy atom. The van der Waals surface area contributed by atoms with E-state index < -0.39 is 10.0 Å². The van der Waals surface area contributed by atoms with Crippen molar-refractivity contribution in [2.75, 3.05) is 63.9 Å². The second kappa shape index (κ2) is 8.29. The second-order valence-electron chi connectivity index (χ2n) is 7.42. The van der Waals surface area contributed by atoms with E-state index in [1.54, 1.807) is 39.0 Å². The molecule has 3 saturated heterocycles. The maximum absolute atomic E-state index is 13.0. The van der Waals surface area contributed by atoms with E-state index in [9.17, 15) is 18.0 Å². The lowest BCUT2D eigenvalue weighted by atomic mass is 10.3. The molecule has 0 atom stereocenters. The van der Waals surface area contributed by atoms with Crippen LogP contribution in [0.4, 0.5) is 10.5 Å². The fraction of sp³-hybridized carbons (Fsp3) is 0.579. The first-order chi connectivity index (χ1) is 14.0. The molecule has 1 aromatic carbocycles. The number of hydrogen-bond acceptors (Lipinski definition) is 5. The minimum Gasteiger partial charge on any atom is -0.378 e. The van der Waals surface area contributed by atoms with Crippen LogP contribution in [0.3, 0.4) is 0 Å². The van der Waals surface area contributed by atoms with Gasteiger partial charge in [-0.05, 0) is 30.7 Å². The van der Waals surface area contributed by atoms with Gasteiger partial charge in [-0.1, -0.05) is 0 Å². The minimum atomic E-state index is -3.63. The summed E-state index contributed by atoms with van der Waals surface area (Å²) in [5.41, 5.74) is 0.729. The van der Waals surface area contributed by atoms with Gasteiger partial charge in [0.15, 0.2) is 0 Å². The van der Waals surface area contributed by atoms with E-state index in [-0.39, 0.29) is 29.9 Å². The van der Waals surface area contributed by atoms with Crippen molar-refractivity contribution in [3.8, 4) is 0 Å². The van der Waals surface area contributed by atoms with Crippen LogP contribution in [0, 0.1) is 0 Å². The molecule has 3 aliphatic rings. The SMILES string of the molecule is O=C(N1CCOCC1)N1CCN(S(=O)(=O)c2ccc(N3CCCC3=O)cc2)CC1. The number of piperazine rings is 1. The summed E-state index contributed by atoms with van der Waals surface area (Å²) >= 11 is 0. The first kappa shape index (κ1) is 20.1. The summed E-state index contributed by atoms with van der Waals surface area (Å²) in [6.07, 6.45) is 1.36. The summed E-state index contributed by atoms with van der Waals surface area (Å²) in [5.74, 6) is 0.0710. The topological polar surface area (TPSA) is 90.5 Å². The Morgan fingerprint density at radius 1 is 0.862 bits per heavy atom. The number of amides is 3. The summed E-state index contributed by atoms with van der Waals surface area (Å²) in [5, 5.41) is 0. The fourth-order valence-corrected chi connectivity index (χ4v) is 5.36. The molecule has 3 heterocycles. The Morgan fingerprint density at radius 3 is 2.07 bits per heavy atom. The van der Waals surface area contributed by atoms with Gasteiger partial charge in [0.2, 0.25) is 15.9 Å². The van der Waals surface area contributed by atoms with Gasteiger partial charge in [0.25, 0.3) is 0 Å². The molecule has 3 amide bonds. The lowest BCUT2D eigenvalue weighted by Gasteiger charge is -2.38. The van der Waals surface area contributed by atoms with Crippen molar-refractivity contribution >= 4 is 27.6 Å². The van der Waals surface area contributed by atoms with Crippen molar-refractivity contribution in [1.82, 2.24) is 14.1 Å². The number of ether oxygens (including phenoxy) is 1. The van der Waals surface area contributed by atoms with Gasteiger partial charge < -0.3 is 19.4 Å². The van der Waals surface area contributed by atoms with Crippen LogP contribution in [0.15, 0.2) is 29.2 Å². The van der Waals surface area contributed by atoms with E-state index in [0.29, 0.717) is 52.4 Å². The highest BCUT2D eigenvalue weighted by atomic mass is 32.2. The summed E-state index contributed by atoms with van der Waals surface area (Å²) in [6.45, 7) is 4.18. The molecule has 4 rings (SSSR count). The molecule has 0 spiro atoms. The van der Waals surface area contributed by atoms with E-state index in [0.717, 1.165) is 12.1 Å². The Balaban J connectivity index is 1.38. The van der Waals surface area contributed by atoms with Gasteiger partial charge in [-0.25, -0.2) is 13.2 Å². The van der Waals surface area contributed by atoms with Crippen LogP contribution in [-0.4, -0.2) is 93.5 Å². The fourth-order valence-electron chi connectivity index (χ4n) is 3.94. The van der Waals surface area contributed by atoms with Gasteiger partial charge in [-0.15, -0.1) is 0 Å². The Kier molecular flexibility index (Phi) is 5.75. The van der Waals surface area contributed by atoms with Crippen LogP contribution in [0.25, 0.3) is 0 Å². The van der Waals surface area contributed by atoms with Gasteiger partial charge in [0.05, 0.1) is 18.1 Å². The molecule has 0 unspecified atom stereocenters. The van der Waals surface area contributed by atoms with Crippen LogP contribution in [0.5, 0.6) is 0 Å². The normalized spacial score (nSPS) is 21.7. The molecule has 0 radical (unpaired) electrons. The number of nitrogens with zero attached hydrogens (tertiary/aromatic N) is 4. The number of carbonyl (C=O) groups is 2. The number of hydrogen-bond donors (Lipinski definition) is 0. The molecule has 158 valence electrons. The van der Waals surface area contributed by atoms with Crippen molar-refractivity contribution in [3.63, 3.8) is 0 Å². The summed E-state index contributed by atoms with van der Waals surface area (Å²) in [4.78, 5) is 29.8. The summed E-state index contributed by atoms with van der Waals surface area (Å²) in [6, 6.07) is 6.44. The molecule has 1 aromatic rings. The van der Waals surface area contributed by atoms with Gasteiger partial charge in [-0.2, -0.15) is 4.31 Å². The second-order valence-corrected chi connectivity index (χ2v) is 9.35. The molecule has 0 saturated carbocycles. The van der Waals surface area contributed by atoms with Crippen LogP contribution in [-0.2, 0) is 19.6 Å². The quantitative estimate of drug-likeness (QED) is 0.711. The van der Waals surface area contributed by atoms with E-state index in [4.69, 9.17) is 4.74 Å². The lowest BCUT2D eigenvalue weighted by molar-refractivity contribution is -0.117. The van der Waals surface area contributed by atoms with E-state index in [2.05, 4.69) is 0 Å². The maximum atomic E-state index is 13.0. The molecule has 9 nitrogen and oxygen atoms in total. The third-order valence-electron chi connectivity index (χ3n) is 5.65. The predicted octanol–water partition coefficient (Wildman–Crippen LogP) is 0.572. The van der Waals surface area contributed by atoms with Crippen molar-refractivity contribution in [1.29, 1.82) is 0 Å². The third-order valence-corrected chi connectivity index (χ3v) is 7.56. The zero-order valence-corrected chi connectivity index (χ0v) is 17.1. The number of anilines is 1. The molecule has 10 heteroatoms. The van der Waals surface area contributed by atoms with E-state index >= 15 is 0 Å². The number of benzene rings is 1. The standard InChI is InChI=1S/C19H26N4O5S/c24-18-2-1-7-23(18)16-3-5-17(6-4-16)29(26,27)22-10-8-20(9-11-22)19(25)21-12-14-28-15-13-21/h3-6H,1-2,7-15H2. The minimum absolute atomic E-state index is 0.0509. The van der Waals surface area contributed by atoms with Crippen molar-refractivity contribution in [2.24, 2.45) is 0 Å². The van der Waals surface area contributed by atoms with Crippen LogP contribution >= 0.6 is 0 Å². The molecule has 3 aliphatic heterocycles. The summed E-state index contributed by atoms with van der Waals surface area (Å²) < 4.78 is 32.7. The highest BCUT2D eigenvalue weighted by molar-refractivity contribution is 7.89. The maximum Gasteiger partial charge on any atom is 0.320 e. The summed E-state index contributed by atoms with van der Waals surface area (Å²) in [7, 11) is -3.63. The molecule has 0 aliphatic carbocycles. The number of urea groups is 1. The molecule has 0 N–H and O–H groups in total. The Hall–Kier alpha value is -2.17. The lowest BCUT2D eigenvalue weighted by Crippen LogP contribution is -2.55. The number of rotatable bonds is 3. The predicted molar refractivity (Wildman–Crippen MR) is 106 cm³/mol. The molecular weight excluding hydrogens is 396 g/mol. The van der Waals surface area contributed by atoms with Crippen LogP contribution < -0.4 is 4.90 Å². The van der Waals surface area contributed by atoms with Gasteiger partial charge in [0, 0.05) is 57.9 Å². The highest BCUT2D eigenvalue weighted by Gasteiger charge is 2.32. The van der Waals surface area contributed by atoms with Crippen molar-refractivity contribution in [2.45, 2.75) is 17.7 Å².